The molecule has 1 saturated heterocycles. The number of fused-ring (bicyclic) bond motifs is 4. The molecule has 2 aliphatic heterocycles. The van der Waals surface area contributed by atoms with E-state index in [4.69, 9.17) is 9.16 Å². The summed E-state index contributed by atoms with van der Waals surface area (Å²) in [5.74, 6) is 0.524. The van der Waals surface area contributed by atoms with Gasteiger partial charge in [-0.1, -0.05) is 34.6 Å². The smallest absolute Gasteiger partial charge is 0.331 e. The molecular weight excluding hydrogens is 360 g/mol. The molecule has 1 aromatic rings. The molecular formula is C20H30N2O4Si. The van der Waals surface area contributed by atoms with Crippen molar-refractivity contribution in [2.24, 2.45) is 17.3 Å². The van der Waals surface area contributed by atoms with Crippen LogP contribution < -0.4 is 11.2 Å². The Hall–Kier alpha value is -1.44. The molecule has 1 saturated carbocycles. The molecule has 4 rings (SSSR count). The average molecular weight is 391 g/mol. The molecule has 0 unspecified atom stereocenters. The molecule has 0 aromatic carbocycles. The molecule has 1 spiro atoms. The molecule has 4 atom stereocenters. The Kier molecular flexibility index (Phi) is 3.73. The predicted octanol–water partition coefficient (Wildman–Crippen LogP) is 2.91. The number of H-pyrrole nitrogens is 1. The quantitative estimate of drug-likeness (QED) is 0.806. The third-order valence-corrected chi connectivity index (χ3v) is 11.8. The van der Waals surface area contributed by atoms with Crippen LogP contribution in [0, 0.1) is 17.3 Å². The van der Waals surface area contributed by atoms with Crippen molar-refractivity contribution in [1.82, 2.24) is 9.55 Å². The van der Waals surface area contributed by atoms with Gasteiger partial charge in [-0.15, -0.1) is 0 Å². The molecule has 0 amide bonds. The van der Waals surface area contributed by atoms with Crippen LogP contribution in [-0.2, 0) is 14.9 Å². The fourth-order valence-corrected chi connectivity index (χ4v) is 5.82. The average Bonchev–Trinajstić information content (AvgIpc) is 2.83. The number of aromatic nitrogens is 2. The third kappa shape index (κ3) is 2.51. The molecule has 1 aliphatic carbocycles. The highest BCUT2D eigenvalue weighted by Gasteiger charge is 2.76. The minimum Gasteiger partial charge on any atom is -0.414 e. The highest BCUT2D eigenvalue weighted by atomic mass is 28.4. The molecule has 1 aromatic heterocycles. The summed E-state index contributed by atoms with van der Waals surface area (Å²) in [4.78, 5) is 26.7. The first-order chi connectivity index (χ1) is 12.3. The number of hydrogen-bond acceptors (Lipinski definition) is 4. The van der Waals surface area contributed by atoms with E-state index in [1.54, 1.807) is 4.57 Å². The van der Waals surface area contributed by atoms with Gasteiger partial charge in [-0.25, -0.2) is 4.79 Å². The standard InChI is InChI=1S/C20H30N2O4Si/c1-18(2,3)27(6,7)25-11-13-15-16(19(15,4)5)20(26-13)9-8-12-10-14(23)21-17(24)22(12)20/h8-10,13,15-16H,11H2,1-7H3,(H,21,23,24)/t13-,15-,16+,20-/m1/s1. The summed E-state index contributed by atoms with van der Waals surface area (Å²) in [6.45, 7) is 16.2. The fourth-order valence-electron chi connectivity index (χ4n) is 4.81. The summed E-state index contributed by atoms with van der Waals surface area (Å²) in [5, 5.41) is 0.137. The SMILES string of the molecule is CC1(C)[C@@H]2[C@@H](CO[Si](C)(C)C(C)(C)C)O[C@]3(C=Cc4cc(=O)[nH]c(=O)n43)[C@@H]21. The first kappa shape index (κ1) is 18.9. The maximum atomic E-state index is 12.6. The zero-order valence-corrected chi connectivity index (χ0v) is 18.3. The first-order valence-electron chi connectivity index (χ1n) is 9.69. The van der Waals surface area contributed by atoms with Crippen molar-refractivity contribution in [1.29, 1.82) is 0 Å². The van der Waals surface area contributed by atoms with E-state index in [1.165, 1.54) is 6.07 Å². The zero-order valence-electron chi connectivity index (χ0n) is 17.3. The normalized spacial score (nSPS) is 33.4. The lowest BCUT2D eigenvalue weighted by atomic mass is 9.99. The van der Waals surface area contributed by atoms with Crippen molar-refractivity contribution in [3.8, 4) is 0 Å². The molecule has 1 N–H and O–H groups in total. The summed E-state index contributed by atoms with van der Waals surface area (Å²) in [5.41, 5.74) is -0.936. The van der Waals surface area contributed by atoms with E-state index in [1.807, 2.05) is 12.2 Å². The number of nitrogens with one attached hydrogen (secondary N) is 1. The van der Waals surface area contributed by atoms with Gasteiger partial charge in [0.25, 0.3) is 5.56 Å². The summed E-state index contributed by atoms with van der Waals surface area (Å²) in [6.07, 6.45) is 3.73. The minimum atomic E-state index is -1.89. The molecule has 3 heterocycles. The Morgan fingerprint density at radius 3 is 2.59 bits per heavy atom. The van der Waals surface area contributed by atoms with Gasteiger partial charge in [0.05, 0.1) is 18.4 Å². The van der Waals surface area contributed by atoms with Crippen LogP contribution in [-0.4, -0.2) is 30.6 Å². The summed E-state index contributed by atoms with van der Waals surface area (Å²) in [7, 11) is -1.89. The maximum Gasteiger partial charge on any atom is 0.331 e. The van der Waals surface area contributed by atoms with Crippen LogP contribution in [0.3, 0.4) is 0 Å². The van der Waals surface area contributed by atoms with E-state index < -0.39 is 19.7 Å². The first-order valence-corrected chi connectivity index (χ1v) is 12.6. The Balaban J connectivity index is 1.66. The van der Waals surface area contributed by atoms with Crippen LogP contribution in [0.25, 0.3) is 6.08 Å². The lowest BCUT2D eigenvalue weighted by Crippen LogP contribution is -2.47. The molecule has 0 radical (unpaired) electrons. The molecule has 7 heteroatoms. The van der Waals surface area contributed by atoms with E-state index in [2.05, 4.69) is 52.7 Å². The monoisotopic (exact) mass is 390 g/mol. The van der Waals surface area contributed by atoms with Crippen molar-refractivity contribution < 1.29 is 9.16 Å². The molecule has 27 heavy (non-hydrogen) atoms. The van der Waals surface area contributed by atoms with Gasteiger partial charge in [-0.3, -0.25) is 14.3 Å². The molecule has 6 nitrogen and oxygen atoms in total. The largest absolute Gasteiger partial charge is 0.414 e. The number of aromatic amines is 1. The van der Waals surface area contributed by atoms with E-state index in [0.29, 0.717) is 18.2 Å². The van der Waals surface area contributed by atoms with E-state index in [0.717, 1.165) is 0 Å². The molecule has 0 bridgehead atoms. The van der Waals surface area contributed by atoms with Crippen LogP contribution in [0.5, 0.6) is 0 Å². The van der Waals surface area contributed by atoms with Crippen molar-refractivity contribution >= 4 is 14.4 Å². The van der Waals surface area contributed by atoms with Crippen LogP contribution in [0.2, 0.25) is 18.1 Å². The van der Waals surface area contributed by atoms with Crippen LogP contribution in [0.4, 0.5) is 0 Å². The second kappa shape index (κ2) is 5.33. The van der Waals surface area contributed by atoms with Crippen LogP contribution >= 0.6 is 0 Å². The van der Waals surface area contributed by atoms with Gasteiger partial charge < -0.3 is 9.16 Å². The predicted molar refractivity (Wildman–Crippen MR) is 107 cm³/mol. The van der Waals surface area contributed by atoms with Gasteiger partial charge in [0.1, 0.15) is 0 Å². The third-order valence-electron chi connectivity index (χ3n) is 7.32. The highest BCUT2D eigenvalue weighted by molar-refractivity contribution is 6.74. The Bertz CT molecular complexity index is 937. The van der Waals surface area contributed by atoms with E-state index >= 15 is 0 Å². The fraction of sp³-hybridized carbons (Fsp3) is 0.700. The van der Waals surface area contributed by atoms with Crippen molar-refractivity contribution in [3.05, 3.63) is 38.7 Å². The number of ether oxygens (including phenoxy) is 1. The Morgan fingerprint density at radius 2 is 1.96 bits per heavy atom. The van der Waals surface area contributed by atoms with Gasteiger partial charge in [0.2, 0.25) is 0 Å². The topological polar surface area (TPSA) is 73.3 Å². The Morgan fingerprint density at radius 1 is 1.30 bits per heavy atom. The lowest BCUT2D eigenvalue weighted by Gasteiger charge is -2.38. The molecule has 2 fully saturated rings. The summed E-state index contributed by atoms with van der Waals surface area (Å²) >= 11 is 0. The lowest BCUT2D eigenvalue weighted by molar-refractivity contribution is -0.119. The maximum absolute atomic E-state index is 12.6. The van der Waals surface area contributed by atoms with Crippen molar-refractivity contribution in [3.63, 3.8) is 0 Å². The second-order valence-electron chi connectivity index (χ2n) is 10.3. The second-order valence-corrected chi connectivity index (χ2v) is 15.1. The molecule has 3 aliphatic rings. The van der Waals surface area contributed by atoms with Gasteiger partial charge in [0, 0.05) is 17.9 Å². The zero-order chi connectivity index (χ0) is 20.0. The summed E-state index contributed by atoms with van der Waals surface area (Å²) in [6, 6.07) is 1.46. The number of rotatable bonds is 3. The van der Waals surface area contributed by atoms with Gasteiger partial charge in [0.15, 0.2) is 14.0 Å². The van der Waals surface area contributed by atoms with Crippen molar-refractivity contribution in [2.75, 3.05) is 6.61 Å². The van der Waals surface area contributed by atoms with Gasteiger partial charge in [-0.2, -0.15) is 0 Å². The summed E-state index contributed by atoms with van der Waals surface area (Å²) < 4.78 is 14.6. The van der Waals surface area contributed by atoms with E-state index in [9.17, 15) is 9.59 Å². The minimum absolute atomic E-state index is 0.0568. The van der Waals surface area contributed by atoms with Gasteiger partial charge >= 0.3 is 5.69 Å². The molecule has 148 valence electrons. The Labute approximate surface area is 160 Å². The van der Waals surface area contributed by atoms with Crippen molar-refractivity contribution in [2.45, 2.75) is 64.6 Å². The van der Waals surface area contributed by atoms with E-state index in [-0.39, 0.29) is 28.0 Å². The van der Waals surface area contributed by atoms with Crippen LogP contribution in [0.15, 0.2) is 21.7 Å². The van der Waals surface area contributed by atoms with Gasteiger partial charge in [-0.05, 0) is 35.7 Å². The number of hydrogen-bond donors (Lipinski definition) is 1. The number of nitrogens with zero attached hydrogens (tertiary/aromatic N) is 1. The van der Waals surface area contributed by atoms with Crippen LogP contribution in [0.1, 0.15) is 40.3 Å². The highest BCUT2D eigenvalue weighted by Crippen LogP contribution is 2.72.